The van der Waals surface area contributed by atoms with Crippen LogP contribution in [0.4, 0.5) is 8.78 Å². The van der Waals surface area contributed by atoms with Gasteiger partial charge in [-0.3, -0.25) is 14.9 Å². The Bertz CT molecular complexity index is 1460. The van der Waals surface area contributed by atoms with Crippen molar-refractivity contribution in [3.8, 4) is 11.8 Å². The normalized spacial score (nSPS) is 22.4. The van der Waals surface area contributed by atoms with Crippen molar-refractivity contribution in [3.63, 3.8) is 0 Å². The van der Waals surface area contributed by atoms with Gasteiger partial charge in [0, 0.05) is 41.9 Å². The summed E-state index contributed by atoms with van der Waals surface area (Å²) in [5, 5.41) is 31.0. The summed E-state index contributed by atoms with van der Waals surface area (Å²) < 4.78 is 30.6. The van der Waals surface area contributed by atoms with E-state index in [2.05, 4.69) is 31.7 Å². The summed E-state index contributed by atoms with van der Waals surface area (Å²) >= 11 is 0. The summed E-state index contributed by atoms with van der Waals surface area (Å²) in [4.78, 5) is 31.0. The number of aromatic nitrogens is 1. The molecule has 5 rings (SSSR count). The highest BCUT2D eigenvalue weighted by atomic mass is 19.3. The highest BCUT2D eigenvalue weighted by Gasteiger charge is 2.42. The molecule has 43 heavy (non-hydrogen) atoms. The van der Waals surface area contributed by atoms with Crippen LogP contribution in [0.15, 0.2) is 54.6 Å². The number of ether oxygens (including phenoxy) is 1. The number of hydrogen-bond donors (Lipinski definition) is 5. The highest BCUT2D eigenvalue weighted by Crippen LogP contribution is 2.35. The molecule has 5 N–H and O–H groups in total. The highest BCUT2D eigenvalue weighted by molar-refractivity contribution is 6.00. The van der Waals surface area contributed by atoms with Gasteiger partial charge >= 0.3 is 6.61 Å². The van der Waals surface area contributed by atoms with E-state index < -0.39 is 36.9 Å². The molecular weight excluding hydrogens is 558 g/mol. The number of aromatic amines is 1. The number of nitriles is 1. The lowest BCUT2D eigenvalue weighted by atomic mass is 9.92. The van der Waals surface area contributed by atoms with Crippen molar-refractivity contribution in [2.24, 2.45) is 5.92 Å². The molecule has 0 bridgehead atoms. The molecule has 0 saturated carbocycles. The molecule has 6 unspecified atom stereocenters. The first-order valence-corrected chi connectivity index (χ1v) is 14.6. The van der Waals surface area contributed by atoms with Crippen LogP contribution in [-0.4, -0.2) is 77.4 Å². The number of alkyl halides is 2. The fraction of sp³-hybridized carbons (Fsp3) is 0.452. The number of amides is 2. The number of H-pyrrole nitrogens is 1. The van der Waals surface area contributed by atoms with Gasteiger partial charge < -0.3 is 30.4 Å². The van der Waals surface area contributed by atoms with E-state index >= 15 is 0 Å². The zero-order chi connectivity index (χ0) is 30.5. The summed E-state index contributed by atoms with van der Waals surface area (Å²) in [6, 6.07) is 16.2. The third-order valence-electron chi connectivity index (χ3n) is 8.36. The van der Waals surface area contributed by atoms with Crippen molar-refractivity contribution >= 4 is 22.7 Å². The van der Waals surface area contributed by atoms with Gasteiger partial charge in [-0.25, -0.2) is 0 Å². The van der Waals surface area contributed by atoms with E-state index in [1.54, 1.807) is 17.0 Å². The predicted octanol–water partition coefficient (Wildman–Crippen LogP) is 3.07. The molecule has 0 spiro atoms. The number of halogens is 2. The second-order valence-corrected chi connectivity index (χ2v) is 11.0. The third-order valence-corrected chi connectivity index (χ3v) is 8.36. The van der Waals surface area contributed by atoms with Crippen molar-refractivity contribution in [1.82, 2.24) is 25.8 Å². The molecule has 10 nitrogen and oxygen atoms in total. The number of aliphatic hydroxyl groups excluding tert-OH is 1. The molecule has 2 saturated heterocycles. The third kappa shape index (κ3) is 6.80. The Hall–Kier alpha value is -4.05. The summed E-state index contributed by atoms with van der Waals surface area (Å²) in [7, 11) is 0. The number of hydrogen-bond acceptors (Lipinski definition) is 7. The van der Waals surface area contributed by atoms with Crippen molar-refractivity contribution in [3.05, 3.63) is 65.9 Å². The van der Waals surface area contributed by atoms with E-state index in [1.165, 1.54) is 12.1 Å². The molecule has 2 aromatic carbocycles. The number of rotatable bonds is 12. The van der Waals surface area contributed by atoms with Crippen LogP contribution in [0.25, 0.3) is 10.9 Å². The van der Waals surface area contributed by atoms with Gasteiger partial charge in [0.1, 0.15) is 23.7 Å². The van der Waals surface area contributed by atoms with Crippen LogP contribution < -0.4 is 20.7 Å². The summed E-state index contributed by atoms with van der Waals surface area (Å²) in [6.45, 7) is 0.255. The number of carbonyl (C=O) groups excluding carboxylic acids is 2. The number of nitrogens with one attached hydrogen (secondary N) is 4. The second-order valence-electron chi connectivity index (χ2n) is 11.0. The van der Waals surface area contributed by atoms with Crippen LogP contribution in [0.5, 0.6) is 5.75 Å². The Balaban J connectivity index is 1.43. The van der Waals surface area contributed by atoms with E-state index in [9.17, 15) is 28.7 Å². The Kier molecular flexibility index (Phi) is 9.55. The van der Waals surface area contributed by atoms with E-state index in [0.717, 1.165) is 5.56 Å². The molecule has 12 heteroatoms. The first-order chi connectivity index (χ1) is 20.8. The van der Waals surface area contributed by atoms with Gasteiger partial charge in [-0.1, -0.05) is 43.3 Å². The number of likely N-dealkylation sites (tertiary alicyclic amines) is 1. The van der Waals surface area contributed by atoms with Crippen molar-refractivity contribution < 1.29 is 28.2 Å². The fourth-order valence-electron chi connectivity index (χ4n) is 6.27. The molecule has 0 aliphatic carbocycles. The molecule has 228 valence electrons. The number of benzene rings is 2. The monoisotopic (exact) mass is 594 g/mol. The smallest absolute Gasteiger partial charge is 0.387 e. The minimum atomic E-state index is -3.02. The summed E-state index contributed by atoms with van der Waals surface area (Å²) in [5.74, 6) is -0.903. The van der Waals surface area contributed by atoms with E-state index in [0.29, 0.717) is 49.8 Å². The number of carbonyl (C=O) groups is 2. The largest absolute Gasteiger partial charge is 0.434 e. The van der Waals surface area contributed by atoms with Gasteiger partial charge in [0.05, 0.1) is 12.1 Å². The van der Waals surface area contributed by atoms with Gasteiger partial charge in [0.15, 0.2) is 0 Å². The fourth-order valence-corrected chi connectivity index (χ4v) is 6.27. The lowest BCUT2D eigenvalue weighted by Crippen LogP contribution is -2.57. The lowest BCUT2D eigenvalue weighted by molar-refractivity contribution is -0.122. The van der Waals surface area contributed by atoms with Crippen LogP contribution in [0.1, 0.15) is 48.2 Å². The lowest BCUT2D eigenvalue weighted by Gasteiger charge is -2.34. The average Bonchev–Trinajstić information content (AvgIpc) is 3.74. The first-order valence-electron chi connectivity index (χ1n) is 14.6. The van der Waals surface area contributed by atoms with Crippen molar-refractivity contribution in [1.29, 1.82) is 5.26 Å². The van der Waals surface area contributed by atoms with Crippen molar-refractivity contribution in [2.75, 3.05) is 19.6 Å². The van der Waals surface area contributed by atoms with E-state index in [1.807, 2.05) is 37.3 Å². The van der Waals surface area contributed by atoms with Crippen LogP contribution in [0, 0.1) is 17.2 Å². The van der Waals surface area contributed by atoms with Gasteiger partial charge in [0.2, 0.25) is 5.91 Å². The Morgan fingerprint density at radius 1 is 1.23 bits per heavy atom. The Morgan fingerprint density at radius 2 is 2.02 bits per heavy atom. The number of aliphatic hydroxyl groups is 1. The molecule has 2 fully saturated rings. The maximum Gasteiger partial charge on any atom is 0.387 e. The molecular formula is C31H36F2N6O4. The van der Waals surface area contributed by atoms with Crippen LogP contribution in [-0.2, 0) is 4.79 Å². The predicted molar refractivity (Wildman–Crippen MR) is 155 cm³/mol. The number of nitrogens with zero attached hydrogens (tertiary/aromatic N) is 2. The van der Waals surface area contributed by atoms with E-state index in [4.69, 9.17) is 0 Å². The van der Waals surface area contributed by atoms with Gasteiger partial charge in [-0.2, -0.15) is 14.0 Å². The average molecular weight is 595 g/mol. The van der Waals surface area contributed by atoms with Gasteiger partial charge in [-0.05, 0) is 49.6 Å². The van der Waals surface area contributed by atoms with Gasteiger partial charge in [0.25, 0.3) is 5.91 Å². The number of fused-ring (bicyclic) bond motifs is 1. The minimum Gasteiger partial charge on any atom is -0.434 e. The second kappa shape index (κ2) is 13.5. The SMILES string of the molecule is CCNC(C#N)C(CC1CCNC1=O)NC(O)C1CC(c2ccccc2)CN1C(=O)c1cc2c(OC(F)F)cccc2[nH]1. The maximum absolute atomic E-state index is 14.0. The molecule has 6 atom stereocenters. The standard InChI is InChI=1S/C31H36F2N6O4/c1-2-35-25(16-34)23(13-19-11-12-36-28(19)40)38-29(41)26-14-20(18-7-4-3-5-8-18)17-39(26)30(42)24-15-21-22(37-24)9-6-10-27(21)43-31(32)33/h3-10,15,19-20,23,25-26,29,31,35,37-38,41H,2,11-14,17H2,1H3,(H,36,40). The van der Waals surface area contributed by atoms with Crippen LogP contribution in [0.3, 0.4) is 0 Å². The molecule has 3 heterocycles. The minimum absolute atomic E-state index is 0.0469. The van der Waals surface area contributed by atoms with E-state index in [-0.39, 0.29) is 29.2 Å². The van der Waals surface area contributed by atoms with Crippen LogP contribution in [0.2, 0.25) is 0 Å². The molecule has 1 aromatic heterocycles. The maximum atomic E-state index is 14.0. The number of likely N-dealkylation sites (N-methyl/N-ethyl adjacent to an activating group) is 1. The zero-order valence-corrected chi connectivity index (χ0v) is 23.8. The van der Waals surface area contributed by atoms with Gasteiger partial charge in [-0.15, -0.1) is 0 Å². The Morgan fingerprint density at radius 3 is 2.70 bits per heavy atom. The summed E-state index contributed by atoms with van der Waals surface area (Å²) in [6.07, 6.45) is 0.202. The first kappa shape index (κ1) is 30.4. The molecule has 2 aliphatic rings. The Labute approximate surface area is 248 Å². The zero-order valence-electron chi connectivity index (χ0n) is 23.8. The molecule has 3 aromatic rings. The molecule has 2 aliphatic heterocycles. The quantitative estimate of drug-likeness (QED) is 0.203. The van der Waals surface area contributed by atoms with Crippen molar-refractivity contribution in [2.45, 2.75) is 63.1 Å². The van der Waals surface area contributed by atoms with Crippen LogP contribution >= 0.6 is 0 Å². The summed E-state index contributed by atoms with van der Waals surface area (Å²) in [5.41, 5.74) is 1.65. The topological polar surface area (TPSA) is 143 Å². The molecule has 2 amide bonds. The molecule has 0 radical (unpaired) electrons.